The van der Waals surface area contributed by atoms with E-state index in [0.717, 1.165) is 36.6 Å². The Hall–Kier alpha value is -2.54. The summed E-state index contributed by atoms with van der Waals surface area (Å²) in [4.78, 5) is 14.5. The van der Waals surface area contributed by atoms with Crippen molar-refractivity contribution in [2.75, 3.05) is 46.6 Å². The van der Waals surface area contributed by atoms with Crippen LogP contribution in [-0.4, -0.2) is 57.4 Å². The quantitative estimate of drug-likeness (QED) is 0.526. The summed E-state index contributed by atoms with van der Waals surface area (Å²) < 4.78 is 54.0. The van der Waals surface area contributed by atoms with Crippen molar-refractivity contribution >= 4 is 17.3 Å². The molecule has 2 aromatic rings. The lowest BCUT2D eigenvalue weighted by atomic mass is 10.1. The van der Waals surface area contributed by atoms with Gasteiger partial charge in [0.15, 0.2) is 10.6 Å². The standard InChI is InChI=1S/C21H20F3NO4S/c1-27-20(26)19-18(29-13-10-25-8-11-28-12-9-25)16(14-30-19)5-2-15-3-6-17(7-4-15)21(22,23)24/h3-4,6-7,14H,8-13H2,1H3. The Kier molecular flexibility index (Phi) is 7.37. The number of morpholine rings is 1. The molecule has 1 saturated heterocycles. The third-order valence-corrected chi connectivity index (χ3v) is 5.37. The second-order valence-corrected chi connectivity index (χ2v) is 7.31. The van der Waals surface area contributed by atoms with Crippen molar-refractivity contribution in [3.05, 3.63) is 51.2 Å². The SMILES string of the molecule is COC(=O)c1scc(C#Cc2ccc(C(F)(F)F)cc2)c1OCCN1CCOCC1. The van der Waals surface area contributed by atoms with Gasteiger partial charge in [0.1, 0.15) is 6.61 Å². The van der Waals surface area contributed by atoms with E-state index in [2.05, 4.69) is 16.7 Å². The zero-order chi connectivity index (χ0) is 21.6. The van der Waals surface area contributed by atoms with Gasteiger partial charge in [0.05, 0.1) is 31.5 Å². The molecule has 1 fully saturated rings. The molecule has 9 heteroatoms. The summed E-state index contributed by atoms with van der Waals surface area (Å²) in [5.74, 6) is 5.52. The van der Waals surface area contributed by atoms with Gasteiger partial charge in [-0.3, -0.25) is 4.90 Å². The molecule has 5 nitrogen and oxygen atoms in total. The lowest BCUT2D eigenvalue weighted by molar-refractivity contribution is -0.137. The Morgan fingerprint density at radius 1 is 1.20 bits per heavy atom. The molecule has 1 aliphatic heterocycles. The van der Waals surface area contributed by atoms with Crippen LogP contribution in [0.3, 0.4) is 0 Å². The Morgan fingerprint density at radius 2 is 1.90 bits per heavy atom. The van der Waals surface area contributed by atoms with Crippen LogP contribution in [0.15, 0.2) is 29.6 Å². The normalized spacial score (nSPS) is 14.7. The molecule has 3 rings (SSSR count). The van der Waals surface area contributed by atoms with E-state index < -0.39 is 17.7 Å². The summed E-state index contributed by atoms with van der Waals surface area (Å²) in [5.41, 5.74) is 0.180. The third-order valence-electron chi connectivity index (χ3n) is 4.43. The number of nitrogens with zero attached hydrogens (tertiary/aromatic N) is 1. The summed E-state index contributed by atoms with van der Waals surface area (Å²) in [5, 5.41) is 1.67. The average Bonchev–Trinajstić information content (AvgIpc) is 3.15. The van der Waals surface area contributed by atoms with E-state index in [1.165, 1.54) is 19.2 Å². The van der Waals surface area contributed by atoms with E-state index in [4.69, 9.17) is 14.2 Å². The molecule has 0 radical (unpaired) electrons. The number of carbonyl (C=O) groups excluding carboxylic acids is 1. The zero-order valence-electron chi connectivity index (χ0n) is 16.3. The summed E-state index contributed by atoms with van der Waals surface area (Å²) in [7, 11) is 1.28. The smallest absolute Gasteiger partial charge is 0.416 e. The molecular weight excluding hydrogens is 419 g/mol. The molecule has 0 unspecified atom stereocenters. The molecule has 160 valence electrons. The zero-order valence-corrected chi connectivity index (χ0v) is 17.1. The van der Waals surface area contributed by atoms with Gasteiger partial charge in [-0.1, -0.05) is 11.8 Å². The molecule has 1 aromatic heterocycles. The molecule has 0 amide bonds. The van der Waals surface area contributed by atoms with E-state index in [9.17, 15) is 18.0 Å². The van der Waals surface area contributed by atoms with Crippen LogP contribution in [0.5, 0.6) is 5.75 Å². The molecule has 30 heavy (non-hydrogen) atoms. The number of benzene rings is 1. The lowest BCUT2D eigenvalue weighted by Gasteiger charge is -2.26. The monoisotopic (exact) mass is 439 g/mol. The maximum atomic E-state index is 12.7. The van der Waals surface area contributed by atoms with E-state index in [-0.39, 0.29) is 0 Å². The lowest BCUT2D eigenvalue weighted by Crippen LogP contribution is -2.38. The number of thiophene rings is 1. The molecule has 0 aliphatic carbocycles. The molecule has 1 aliphatic rings. The molecule has 1 aromatic carbocycles. The molecule has 0 bridgehead atoms. The van der Waals surface area contributed by atoms with Crippen LogP contribution in [0.25, 0.3) is 0 Å². The van der Waals surface area contributed by atoms with E-state index >= 15 is 0 Å². The van der Waals surface area contributed by atoms with Gasteiger partial charge in [0.2, 0.25) is 0 Å². The number of halogens is 3. The van der Waals surface area contributed by atoms with Gasteiger partial charge < -0.3 is 14.2 Å². The highest BCUT2D eigenvalue weighted by molar-refractivity contribution is 7.12. The van der Waals surface area contributed by atoms with E-state index in [1.54, 1.807) is 5.38 Å². The number of esters is 1. The summed E-state index contributed by atoms with van der Waals surface area (Å²) in [6, 6.07) is 4.58. The fraction of sp³-hybridized carbons (Fsp3) is 0.381. The highest BCUT2D eigenvalue weighted by Crippen LogP contribution is 2.31. The first-order valence-electron chi connectivity index (χ1n) is 9.20. The Bertz CT molecular complexity index is 922. The van der Waals surface area contributed by atoms with E-state index in [1.807, 2.05) is 0 Å². The van der Waals surface area contributed by atoms with Crippen LogP contribution < -0.4 is 4.74 Å². The third kappa shape index (κ3) is 5.75. The van der Waals surface area contributed by atoms with Crippen molar-refractivity contribution in [1.82, 2.24) is 4.90 Å². The highest BCUT2D eigenvalue weighted by atomic mass is 32.1. The van der Waals surface area contributed by atoms with Crippen molar-refractivity contribution in [3.63, 3.8) is 0 Å². The molecule has 0 saturated carbocycles. The first kappa shape index (κ1) is 22.2. The predicted octanol–water partition coefficient (Wildman–Crippen LogP) is 3.66. The Morgan fingerprint density at radius 3 is 2.53 bits per heavy atom. The second kappa shape index (κ2) is 9.98. The van der Waals surface area contributed by atoms with Gasteiger partial charge in [-0.25, -0.2) is 4.79 Å². The molecular formula is C21H20F3NO4S. The van der Waals surface area contributed by atoms with Crippen LogP contribution in [0.4, 0.5) is 13.2 Å². The summed E-state index contributed by atoms with van der Waals surface area (Å²) in [6.45, 7) is 4.02. The molecule has 0 N–H and O–H groups in total. The van der Waals surface area contributed by atoms with Crippen LogP contribution in [0, 0.1) is 11.8 Å². The van der Waals surface area contributed by atoms with Gasteiger partial charge >= 0.3 is 12.1 Å². The van der Waals surface area contributed by atoms with Crippen LogP contribution >= 0.6 is 11.3 Å². The van der Waals surface area contributed by atoms with Crippen molar-refractivity contribution in [2.24, 2.45) is 0 Å². The van der Waals surface area contributed by atoms with Crippen molar-refractivity contribution in [2.45, 2.75) is 6.18 Å². The van der Waals surface area contributed by atoms with Gasteiger partial charge in [0, 0.05) is 30.6 Å². The average molecular weight is 439 g/mol. The number of rotatable bonds is 5. The Labute approximate surface area is 176 Å². The minimum absolute atomic E-state index is 0.302. The van der Waals surface area contributed by atoms with Crippen molar-refractivity contribution < 1.29 is 32.2 Å². The minimum atomic E-state index is -4.39. The van der Waals surface area contributed by atoms with Crippen LogP contribution in [-0.2, 0) is 15.7 Å². The second-order valence-electron chi connectivity index (χ2n) is 6.43. The van der Waals surface area contributed by atoms with Gasteiger partial charge in [0.25, 0.3) is 0 Å². The molecule has 0 spiro atoms. The van der Waals surface area contributed by atoms with Crippen LogP contribution in [0.1, 0.15) is 26.4 Å². The summed E-state index contributed by atoms with van der Waals surface area (Å²) >= 11 is 1.15. The maximum absolute atomic E-state index is 12.7. The fourth-order valence-corrected chi connectivity index (χ4v) is 3.65. The topological polar surface area (TPSA) is 48.0 Å². The number of hydrogen-bond donors (Lipinski definition) is 0. The summed E-state index contributed by atoms with van der Waals surface area (Å²) in [6.07, 6.45) is -4.39. The van der Waals surface area contributed by atoms with Gasteiger partial charge in [-0.05, 0) is 24.3 Å². The van der Waals surface area contributed by atoms with Gasteiger partial charge in [-0.2, -0.15) is 13.2 Å². The van der Waals surface area contributed by atoms with Crippen LogP contribution in [0.2, 0.25) is 0 Å². The number of alkyl halides is 3. The first-order valence-corrected chi connectivity index (χ1v) is 10.1. The molecule has 2 heterocycles. The number of hydrogen-bond acceptors (Lipinski definition) is 6. The number of carbonyl (C=O) groups is 1. The maximum Gasteiger partial charge on any atom is 0.416 e. The largest absolute Gasteiger partial charge is 0.489 e. The highest BCUT2D eigenvalue weighted by Gasteiger charge is 2.29. The van der Waals surface area contributed by atoms with Gasteiger partial charge in [-0.15, -0.1) is 11.3 Å². The Balaban J connectivity index is 1.75. The van der Waals surface area contributed by atoms with Crippen molar-refractivity contribution in [3.8, 4) is 17.6 Å². The predicted molar refractivity (Wildman–Crippen MR) is 106 cm³/mol. The first-order chi connectivity index (χ1) is 14.4. The van der Waals surface area contributed by atoms with Crippen molar-refractivity contribution in [1.29, 1.82) is 0 Å². The number of methoxy groups -OCH3 is 1. The fourth-order valence-electron chi connectivity index (χ4n) is 2.79. The van der Waals surface area contributed by atoms with E-state index in [0.29, 0.717) is 48.1 Å². The minimum Gasteiger partial charge on any atom is -0.489 e. The number of ether oxygens (including phenoxy) is 3. The molecule has 0 atom stereocenters.